The van der Waals surface area contributed by atoms with Crippen molar-refractivity contribution < 1.29 is 29.2 Å². The summed E-state index contributed by atoms with van der Waals surface area (Å²) in [6, 6.07) is -0.172. The minimum absolute atomic E-state index is 0.0372. The van der Waals surface area contributed by atoms with Gasteiger partial charge in [0, 0.05) is 31.6 Å². The first kappa shape index (κ1) is 21.8. The van der Waals surface area contributed by atoms with Gasteiger partial charge in [-0.2, -0.15) is 0 Å². The number of nitrogens with zero attached hydrogens (tertiary/aromatic N) is 3. The number of pyridine rings is 1. The number of carbonyl (C=O) groups is 2. The number of piperidine rings is 1. The molecule has 2 heterocycles. The van der Waals surface area contributed by atoms with Gasteiger partial charge < -0.3 is 19.7 Å². The molecular weight excluding hydrogens is 392 g/mol. The number of carbonyl (C=O) groups excluding carboxylic acids is 2. The number of hydrogen-bond acceptors (Lipinski definition) is 7. The molecule has 1 amide bonds. The highest BCUT2D eigenvalue weighted by Crippen LogP contribution is 2.43. The first-order valence-corrected chi connectivity index (χ1v) is 10.1. The molecular formula is C20H29N4O6+. The Bertz CT molecular complexity index is 850. The molecule has 30 heavy (non-hydrogen) atoms. The van der Waals surface area contributed by atoms with E-state index in [-0.39, 0.29) is 16.7 Å². The van der Waals surface area contributed by atoms with Crippen molar-refractivity contribution in [2.45, 2.75) is 71.1 Å². The van der Waals surface area contributed by atoms with E-state index >= 15 is 0 Å². The zero-order valence-corrected chi connectivity index (χ0v) is 17.8. The molecule has 10 heteroatoms. The minimum atomic E-state index is -0.594. The summed E-state index contributed by atoms with van der Waals surface area (Å²) in [6.07, 6.45) is 3.03. The third-order valence-corrected chi connectivity index (χ3v) is 5.10. The molecule has 1 aliphatic carbocycles. The molecule has 1 saturated heterocycles. The van der Waals surface area contributed by atoms with Gasteiger partial charge in [-0.15, -0.1) is 0 Å². The van der Waals surface area contributed by atoms with Crippen LogP contribution in [0.3, 0.4) is 0 Å². The van der Waals surface area contributed by atoms with Crippen molar-refractivity contribution >= 4 is 23.4 Å². The van der Waals surface area contributed by atoms with Crippen molar-refractivity contribution in [1.29, 1.82) is 0 Å². The summed E-state index contributed by atoms with van der Waals surface area (Å²) in [6.45, 7) is 7.86. The molecule has 2 aliphatic rings. The quantitative estimate of drug-likeness (QED) is 0.562. The average Bonchev–Trinajstić information content (AvgIpc) is 3.01. The Kier molecular flexibility index (Phi) is 6.14. The number of esters is 1. The fourth-order valence-electron chi connectivity index (χ4n) is 4.06. The van der Waals surface area contributed by atoms with Crippen LogP contribution in [0.2, 0.25) is 0 Å². The van der Waals surface area contributed by atoms with Crippen LogP contribution >= 0.6 is 0 Å². The van der Waals surface area contributed by atoms with Crippen molar-refractivity contribution in [1.82, 2.24) is 10.3 Å². The number of ether oxygens (including phenoxy) is 2. The molecule has 164 valence electrons. The number of alkyl carbamates (subject to hydrolysis) is 1. The molecule has 0 aromatic carbocycles. The van der Waals surface area contributed by atoms with E-state index in [0.29, 0.717) is 37.3 Å². The van der Waals surface area contributed by atoms with Crippen LogP contribution in [0.15, 0.2) is 6.20 Å². The van der Waals surface area contributed by atoms with Crippen LogP contribution in [0, 0.1) is 4.91 Å². The number of nitrogens with one attached hydrogen (secondary N) is 1. The molecule has 1 aliphatic heterocycles. The maximum absolute atomic E-state index is 12.2. The number of rotatable bonds is 4. The lowest BCUT2D eigenvalue weighted by atomic mass is 10.0. The van der Waals surface area contributed by atoms with Crippen LogP contribution in [-0.2, 0) is 20.7 Å². The summed E-state index contributed by atoms with van der Waals surface area (Å²) < 4.78 is 10.7. The van der Waals surface area contributed by atoms with E-state index in [4.69, 9.17) is 9.47 Å². The van der Waals surface area contributed by atoms with Gasteiger partial charge in [-0.3, -0.25) is 4.79 Å². The molecule has 2 atom stereocenters. The van der Waals surface area contributed by atoms with Gasteiger partial charge in [-0.25, -0.2) is 15.0 Å². The molecule has 1 aromatic heterocycles. The average molecular weight is 421 g/mol. The fraction of sp³-hybridized carbons (Fsp3) is 0.650. The van der Waals surface area contributed by atoms with Crippen LogP contribution in [0.25, 0.3) is 0 Å². The SMILES string of the molecule is CC(=O)OC1CCc2c1ncc([N+](=O)O)c2N1CCC[C@H](NC(=O)OC(C)(C)C)C1. The number of fused-ring (bicyclic) bond motifs is 1. The largest absolute Gasteiger partial charge is 0.456 e. The van der Waals surface area contributed by atoms with E-state index in [2.05, 4.69) is 10.3 Å². The monoisotopic (exact) mass is 421 g/mol. The Labute approximate surface area is 175 Å². The van der Waals surface area contributed by atoms with Crippen molar-refractivity contribution in [3.63, 3.8) is 0 Å². The Morgan fingerprint density at radius 1 is 1.33 bits per heavy atom. The summed E-state index contributed by atoms with van der Waals surface area (Å²) in [5.74, 6) is -0.396. The minimum Gasteiger partial charge on any atom is -0.456 e. The number of hydrogen-bond donors (Lipinski definition) is 2. The lowest BCUT2D eigenvalue weighted by Gasteiger charge is -2.35. The fourth-order valence-corrected chi connectivity index (χ4v) is 4.06. The Morgan fingerprint density at radius 3 is 2.70 bits per heavy atom. The predicted octanol–water partition coefficient (Wildman–Crippen LogP) is 2.93. The second-order valence-electron chi connectivity index (χ2n) is 8.70. The molecule has 2 N–H and O–H groups in total. The highest BCUT2D eigenvalue weighted by molar-refractivity contribution is 5.72. The number of aromatic nitrogens is 1. The third kappa shape index (κ3) is 4.98. The van der Waals surface area contributed by atoms with Crippen molar-refractivity contribution in [2.24, 2.45) is 0 Å². The van der Waals surface area contributed by atoms with E-state index in [9.17, 15) is 19.7 Å². The number of amides is 1. The second kappa shape index (κ2) is 8.45. The molecule has 0 radical (unpaired) electrons. The lowest BCUT2D eigenvalue weighted by molar-refractivity contribution is -0.729. The van der Waals surface area contributed by atoms with Gasteiger partial charge in [-0.05, 0) is 46.5 Å². The molecule has 3 rings (SSSR count). The Morgan fingerprint density at radius 2 is 2.07 bits per heavy atom. The van der Waals surface area contributed by atoms with E-state index in [1.807, 2.05) is 4.90 Å². The van der Waals surface area contributed by atoms with Gasteiger partial charge in [0.1, 0.15) is 23.6 Å². The molecule has 0 spiro atoms. The maximum Gasteiger partial charge on any atom is 0.407 e. The summed E-state index contributed by atoms with van der Waals surface area (Å²) in [7, 11) is 0. The van der Waals surface area contributed by atoms with Crippen LogP contribution in [0.4, 0.5) is 16.2 Å². The van der Waals surface area contributed by atoms with E-state index in [0.717, 1.165) is 18.4 Å². The van der Waals surface area contributed by atoms with Gasteiger partial charge in [0.15, 0.2) is 0 Å². The lowest BCUT2D eigenvalue weighted by Crippen LogP contribution is -2.49. The first-order valence-electron chi connectivity index (χ1n) is 10.1. The molecule has 10 nitrogen and oxygen atoms in total. The van der Waals surface area contributed by atoms with E-state index < -0.39 is 23.8 Å². The van der Waals surface area contributed by atoms with Crippen LogP contribution in [-0.4, -0.2) is 51.9 Å². The zero-order chi connectivity index (χ0) is 22.1. The van der Waals surface area contributed by atoms with Gasteiger partial charge in [0.2, 0.25) is 0 Å². The van der Waals surface area contributed by atoms with Gasteiger partial charge in [0.25, 0.3) is 4.92 Å². The molecule has 0 saturated carbocycles. The Hall–Kier alpha value is -2.91. The van der Waals surface area contributed by atoms with Gasteiger partial charge in [0.05, 0.1) is 10.6 Å². The molecule has 1 fully saturated rings. The second-order valence-corrected chi connectivity index (χ2v) is 8.70. The summed E-state index contributed by atoms with van der Waals surface area (Å²) >= 11 is 0. The molecule has 1 aromatic rings. The molecule has 1 unspecified atom stereocenters. The van der Waals surface area contributed by atoms with Crippen molar-refractivity contribution in [2.75, 3.05) is 18.0 Å². The predicted molar refractivity (Wildman–Crippen MR) is 107 cm³/mol. The molecule has 0 bridgehead atoms. The zero-order valence-electron chi connectivity index (χ0n) is 17.8. The third-order valence-electron chi connectivity index (χ3n) is 5.10. The normalized spacial score (nSPS) is 21.0. The standard InChI is InChI=1S/C20H28N4O6/c1-12(25)29-16-8-7-14-17(16)21-10-15(24(27)28)18(14)23-9-5-6-13(11-23)22-19(26)30-20(2,3)4/h10,13,16H,5-9,11H2,1-4H3,(H-,22,26,27,28)/p+1/t13-,16?/m0/s1. The Balaban J connectivity index is 1.85. The van der Waals surface area contributed by atoms with Crippen molar-refractivity contribution in [3.8, 4) is 0 Å². The van der Waals surface area contributed by atoms with Crippen LogP contribution in [0.1, 0.15) is 64.3 Å². The van der Waals surface area contributed by atoms with E-state index in [1.165, 1.54) is 13.1 Å². The van der Waals surface area contributed by atoms with Crippen molar-refractivity contribution in [3.05, 3.63) is 22.4 Å². The highest BCUT2D eigenvalue weighted by Gasteiger charge is 2.38. The summed E-state index contributed by atoms with van der Waals surface area (Å²) in [5.41, 5.74) is 1.40. The summed E-state index contributed by atoms with van der Waals surface area (Å²) in [5, 5.41) is 12.5. The highest BCUT2D eigenvalue weighted by atomic mass is 16.6. The van der Waals surface area contributed by atoms with Gasteiger partial charge >= 0.3 is 17.7 Å². The topological polar surface area (TPSA) is 121 Å². The van der Waals surface area contributed by atoms with Gasteiger partial charge in [-0.1, -0.05) is 0 Å². The van der Waals surface area contributed by atoms with Crippen LogP contribution in [0.5, 0.6) is 0 Å². The van der Waals surface area contributed by atoms with E-state index in [1.54, 1.807) is 20.8 Å². The maximum atomic E-state index is 12.2. The summed E-state index contributed by atoms with van der Waals surface area (Å²) in [4.78, 5) is 41.5. The first-order chi connectivity index (χ1) is 14.0. The van der Waals surface area contributed by atoms with Crippen LogP contribution < -0.4 is 10.2 Å². The smallest absolute Gasteiger partial charge is 0.407 e. The number of anilines is 1.